The Kier molecular flexibility index (Phi) is 2.16. The highest BCUT2D eigenvalue weighted by Gasteiger charge is 2.30. The molecule has 4 rings (SSSR count). The molecule has 2 aliphatic rings. The van der Waals surface area contributed by atoms with Gasteiger partial charge in [0, 0.05) is 0 Å². The van der Waals surface area contributed by atoms with Crippen LogP contribution in [0.25, 0.3) is 10.3 Å². The third-order valence-electron chi connectivity index (χ3n) is 3.16. The van der Waals surface area contributed by atoms with Gasteiger partial charge in [0.25, 0.3) is 0 Å². The van der Waals surface area contributed by atoms with Crippen LogP contribution in [0.3, 0.4) is 0 Å². The van der Waals surface area contributed by atoms with E-state index in [0.29, 0.717) is 18.2 Å². The molecule has 0 amide bonds. The second-order valence-corrected chi connectivity index (χ2v) is 5.32. The van der Waals surface area contributed by atoms with E-state index in [4.69, 9.17) is 9.57 Å². The number of aromatic nitrogens is 3. The van der Waals surface area contributed by atoms with E-state index in [2.05, 4.69) is 15.4 Å². The summed E-state index contributed by atoms with van der Waals surface area (Å²) in [5, 5.41) is 0. The monoisotopic (exact) mass is 266 g/mol. The Morgan fingerprint density at radius 1 is 1.50 bits per heavy atom. The van der Waals surface area contributed by atoms with Crippen molar-refractivity contribution in [2.24, 2.45) is 0 Å². The zero-order valence-electron chi connectivity index (χ0n) is 9.33. The maximum atomic E-state index is 12.0. The van der Waals surface area contributed by atoms with E-state index in [1.54, 1.807) is 10.8 Å². The summed E-state index contributed by atoms with van der Waals surface area (Å²) >= 11 is 1.14. The van der Waals surface area contributed by atoms with Crippen molar-refractivity contribution in [3.05, 3.63) is 15.9 Å². The summed E-state index contributed by atoms with van der Waals surface area (Å²) in [6, 6.07) is 0. The lowest BCUT2D eigenvalue weighted by Crippen LogP contribution is -2.24. The molecule has 4 bridgehead atoms. The van der Waals surface area contributed by atoms with Crippen molar-refractivity contribution in [3.63, 3.8) is 0 Å². The molecule has 1 fully saturated rings. The molecule has 1 saturated heterocycles. The Balaban J connectivity index is 1.99. The summed E-state index contributed by atoms with van der Waals surface area (Å²) in [5.74, 6) is 0.371. The lowest BCUT2D eigenvalue weighted by atomic mass is 10.2. The molecule has 2 atom stereocenters. The van der Waals surface area contributed by atoms with Crippen LogP contribution in [0.1, 0.15) is 19.1 Å². The second kappa shape index (κ2) is 3.74. The van der Waals surface area contributed by atoms with Gasteiger partial charge in [-0.15, -0.1) is 0 Å². The van der Waals surface area contributed by atoms with Crippen molar-refractivity contribution >= 4 is 27.6 Å². The fourth-order valence-corrected chi connectivity index (χ4v) is 3.17. The van der Waals surface area contributed by atoms with Crippen LogP contribution in [0, 0.1) is 0 Å². The molecule has 94 valence electrons. The smallest absolute Gasteiger partial charge is 0.311 e. The van der Waals surface area contributed by atoms with Gasteiger partial charge in [0.2, 0.25) is 5.95 Å². The van der Waals surface area contributed by atoms with Crippen LogP contribution in [0.4, 0.5) is 5.95 Å². The summed E-state index contributed by atoms with van der Waals surface area (Å²) in [4.78, 5) is 25.7. The lowest BCUT2D eigenvalue weighted by molar-refractivity contribution is -0.0323. The molecule has 2 aromatic rings. The molecule has 0 aromatic carbocycles. The van der Waals surface area contributed by atoms with Gasteiger partial charge in [-0.3, -0.25) is 14.2 Å². The lowest BCUT2D eigenvalue weighted by Gasteiger charge is -2.16. The second-order valence-electron chi connectivity index (χ2n) is 4.32. The Bertz CT molecular complexity index is 667. The Morgan fingerprint density at radius 3 is 3.39 bits per heavy atom. The molecule has 1 N–H and O–H groups in total. The Labute approximate surface area is 105 Å². The van der Waals surface area contributed by atoms with Gasteiger partial charge in [-0.1, -0.05) is 11.3 Å². The predicted octanol–water partition coefficient (Wildman–Crippen LogP) is 0.888. The molecule has 2 unspecified atom stereocenters. The first-order valence-corrected chi connectivity index (χ1v) is 6.54. The Hall–Kier alpha value is -1.51. The summed E-state index contributed by atoms with van der Waals surface area (Å²) in [6.07, 6.45) is 3.08. The molecule has 4 heterocycles. The maximum Gasteiger partial charge on any atom is 0.311 e. The number of ether oxygens (including phenoxy) is 1. The molecule has 7 nitrogen and oxygen atoms in total. The van der Waals surface area contributed by atoms with Crippen LogP contribution < -0.4 is 10.4 Å². The number of anilines is 1. The average molecular weight is 266 g/mol. The number of nitrogens with one attached hydrogen (secondary N) is 1. The topological polar surface area (TPSA) is 78.3 Å². The molecule has 0 saturated carbocycles. The first-order valence-electron chi connectivity index (χ1n) is 5.72. The van der Waals surface area contributed by atoms with Gasteiger partial charge < -0.3 is 4.74 Å². The van der Waals surface area contributed by atoms with Gasteiger partial charge in [-0.2, -0.15) is 4.98 Å². The van der Waals surface area contributed by atoms with Crippen LogP contribution >= 0.6 is 11.3 Å². The fourth-order valence-electron chi connectivity index (χ4n) is 2.34. The third kappa shape index (κ3) is 1.46. The Morgan fingerprint density at radius 2 is 2.44 bits per heavy atom. The number of rotatable bonds is 0. The van der Waals surface area contributed by atoms with Gasteiger partial charge in [0.05, 0.1) is 17.0 Å². The minimum atomic E-state index is -0.235. The van der Waals surface area contributed by atoms with E-state index in [1.165, 1.54) is 0 Å². The van der Waals surface area contributed by atoms with Crippen molar-refractivity contribution in [1.29, 1.82) is 0 Å². The minimum Gasteiger partial charge on any atom is -0.352 e. The van der Waals surface area contributed by atoms with E-state index >= 15 is 0 Å². The van der Waals surface area contributed by atoms with E-state index < -0.39 is 0 Å². The molecule has 0 radical (unpaired) electrons. The first-order chi connectivity index (χ1) is 8.81. The number of hydrogen-bond donors (Lipinski definition) is 1. The maximum absolute atomic E-state index is 12.0. The highest BCUT2D eigenvalue weighted by Crippen LogP contribution is 2.31. The SMILES string of the molecule is O=c1sc2cnc3nc2n1C1CCC(CON3)O1. The van der Waals surface area contributed by atoms with E-state index in [0.717, 1.165) is 28.9 Å². The number of fused-ring (bicyclic) bond motifs is 4. The molecule has 8 heteroatoms. The molecule has 2 aliphatic heterocycles. The number of nitrogens with zero attached hydrogens (tertiary/aromatic N) is 3. The summed E-state index contributed by atoms with van der Waals surface area (Å²) in [5.41, 5.74) is 3.29. The standard InChI is InChI=1S/C10H10N4O3S/c15-10-14-7-2-1-5(17-7)4-16-13-9-11-3-6(18-10)8(14)12-9/h3,5,7H,1-2,4H2,(H,11,12,13). The highest BCUT2D eigenvalue weighted by molar-refractivity contribution is 7.16. The molecule has 0 spiro atoms. The first kappa shape index (κ1) is 10.4. The molecule has 2 aromatic heterocycles. The van der Waals surface area contributed by atoms with E-state index in [-0.39, 0.29) is 17.2 Å². The van der Waals surface area contributed by atoms with Gasteiger partial charge >= 0.3 is 4.87 Å². The van der Waals surface area contributed by atoms with Crippen molar-refractivity contribution in [3.8, 4) is 0 Å². The summed E-state index contributed by atoms with van der Waals surface area (Å²) < 4.78 is 8.19. The molecule has 0 aliphatic carbocycles. The van der Waals surface area contributed by atoms with Crippen molar-refractivity contribution in [2.45, 2.75) is 25.2 Å². The zero-order chi connectivity index (χ0) is 12.1. The largest absolute Gasteiger partial charge is 0.352 e. The van der Waals surface area contributed by atoms with Crippen molar-refractivity contribution in [2.75, 3.05) is 12.1 Å². The van der Waals surface area contributed by atoms with Gasteiger partial charge in [-0.25, -0.2) is 10.5 Å². The third-order valence-corrected chi connectivity index (χ3v) is 4.04. The quantitative estimate of drug-likeness (QED) is 0.763. The van der Waals surface area contributed by atoms with E-state index in [9.17, 15) is 4.79 Å². The number of thiazole rings is 1. The zero-order valence-corrected chi connectivity index (χ0v) is 10.1. The number of hydrogen-bond acceptors (Lipinski definition) is 7. The van der Waals surface area contributed by atoms with Crippen molar-refractivity contribution < 1.29 is 9.57 Å². The van der Waals surface area contributed by atoms with Crippen LogP contribution in [0.2, 0.25) is 0 Å². The van der Waals surface area contributed by atoms with Crippen LogP contribution in [0.15, 0.2) is 11.0 Å². The van der Waals surface area contributed by atoms with Crippen LogP contribution in [-0.4, -0.2) is 27.2 Å². The molecular formula is C10H10N4O3S. The van der Waals surface area contributed by atoms with Gasteiger partial charge in [-0.05, 0) is 12.8 Å². The summed E-state index contributed by atoms with van der Waals surface area (Å²) in [6.45, 7) is 0.423. The van der Waals surface area contributed by atoms with E-state index in [1.807, 2.05) is 0 Å². The molecular weight excluding hydrogens is 256 g/mol. The fraction of sp³-hybridized carbons (Fsp3) is 0.500. The van der Waals surface area contributed by atoms with Gasteiger partial charge in [0.1, 0.15) is 12.8 Å². The predicted molar refractivity (Wildman–Crippen MR) is 64.4 cm³/mol. The minimum absolute atomic E-state index is 0.00774. The van der Waals surface area contributed by atoms with Crippen molar-refractivity contribution in [1.82, 2.24) is 14.5 Å². The van der Waals surface area contributed by atoms with Crippen LogP contribution in [-0.2, 0) is 9.57 Å². The molecule has 18 heavy (non-hydrogen) atoms. The highest BCUT2D eigenvalue weighted by atomic mass is 32.1. The summed E-state index contributed by atoms with van der Waals surface area (Å²) in [7, 11) is 0. The van der Waals surface area contributed by atoms with Gasteiger partial charge in [0.15, 0.2) is 5.65 Å². The normalized spacial score (nSPS) is 26.4. The van der Waals surface area contributed by atoms with Crippen LogP contribution in [0.5, 0.6) is 0 Å². The average Bonchev–Trinajstić information content (AvgIpc) is 2.92.